The van der Waals surface area contributed by atoms with E-state index in [4.69, 9.17) is 44.3 Å². The van der Waals surface area contributed by atoms with Gasteiger partial charge in [0.25, 0.3) is 0 Å². The molecule has 4 fully saturated rings. The van der Waals surface area contributed by atoms with Gasteiger partial charge in [-0.15, -0.1) is 12.3 Å². The molecule has 4 aliphatic rings. The van der Waals surface area contributed by atoms with Gasteiger partial charge in [0.2, 0.25) is 0 Å². The summed E-state index contributed by atoms with van der Waals surface area (Å²) in [6.45, 7) is 22.8. The summed E-state index contributed by atoms with van der Waals surface area (Å²) in [5, 5.41) is 49.9. The molecule has 338 valence electrons. The Hall–Kier alpha value is -2.20. The number of ether oxygens (including phenoxy) is 8. The maximum absolute atomic E-state index is 14.6. The normalized spacial score (nSPS) is 46.5. The minimum atomic E-state index is -1.76. The fourth-order valence-corrected chi connectivity index (χ4v) is 9.87. The second kappa shape index (κ2) is 20.3. The number of nitrogens with zero attached hydrogens (tertiary/aromatic N) is 2. The van der Waals surface area contributed by atoms with E-state index >= 15 is 0 Å². The van der Waals surface area contributed by atoms with Crippen LogP contribution in [0.4, 0.5) is 0 Å². The molecule has 0 aromatic heterocycles. The van der Waals surface area contributed by atoms with E-state index in [0.717, 1.165) is 0 Å². The summed E-state index contributed by atoms with van der Waals surface area (Å²) < 4.78 is 52.0. The predicted molar refractivity (Wildman–Crippen MR) is 219 cm³/mol. The molecule has 0 saturated carbocycles. The van der Waals surface area contributed by atoms with E-state index in [2.05, 4.69) is 17.7 Å². The number of carbonyl (C=O) groups is 1. The molecule has 0 spiro atoms. The second-order valence-electron chi connectivity index (χ2n) is 18.3. The van der Waals surface area contributed by atoms with E-state index in [1.807, 2.05) is 46.6 Å². The minimum Gasteiger partial charge on any atom is -0.459 e. The number of carbonyl (C=O) groups excluding carboxylic acids is 1. The van der Waals surface area contributed by atoms with Crippen LogP contribution in [0.15, 0.2) is 17.3 Å². The van der Waals surface area contributed by atoms with Crippen LogP contribution in [-0.2, 0) is 42.7 Å². The molecular formula is C44H74N2O13. The molecule has 2 bridgehead atoms. The molecule has 4 heterocycles. The number of oxime groups is 1. The standard InChI is InChI=1S/C44H74N2O13/c1-15-17-18-46(13)31-19-26(5)55-41(35(31)47)59-38-28(7)36(58-33-21-42(10,52-14)37(48)30(9)56-33)29(8)40(49)57-32(16-2)44(12,50)39-27(6)34(45-51)25(4)20-43(38,11)54-23-24(3)22-53-39/h1,25-33,35-39,41,47-48,50-51H,3,16-23H2,2,4-14H3/b45-34+/t25-,26-,27+,28+,29-,30+,31+,32-,33+,35-,36?,37+,38-,39?,41+,42-,43-,44-/m1/s1. The van der Waals surface area contributed by atoms with Crippen LogP contribution in [0.3, 0.4) is 0 Å². The van der Waals surface area contributed by atoms with Crippen LogP contribution >= 0.6 is 0 Å². The van der Waals surface area contributed by atoms with E-state index in [-0.39, 0.29) is 44.6 Å². The number of likely N-dealkylation sites (N-methyl/N-ethyl adjacent to an activating group) is 1. The lowest BCUT2D eigenvalue weighted by Crippen LogP contribution is -2.62. The van der Waals surface area contributed by atoms with Gasteiger partial charge in [0.15, 0.2) is 12.6 Å². The first-order valence-corrected chi connectivity index (χ1v) is 21.3. The van der Waals surface area contributed by atoms with Crippen molar-refractivity contribution in [2.45, 2.75) is 186 Å². The highest BCUT2D eigenvalue weighted by Crippen LogP contribution is 2.43. The maximum Gasteiger partial charge on any atom is 0.311 e. The molecule has 2 unspecified atom stereocenters. The zero-order valence-corrected chi connectivity index (χ0v) is 37.5. The number of hydrogen-bond acceptors (Lipinski definition) is 15. The Balaban J connectivity index is 1.95. The van der Waals surface area contributed by atoms with Gasteiger partial charge in [0.05, 0.1) is 66.6 Å². The number of aliphatic hydroxyl groups is 3. The largest absolute Gasteiger partial charge is 0.459 e. The Kier molecular flexibility index (Phi) is 17.0. The molecule has 0 radical (unpaired) electrons. The number of esters is 1. The van der Waals surface area contributed by atoms with Gasteiger partial charge in [0, 0.05) is 50.3 Å². The number of aliphatic hydroxyl groups excluding tert-OH is 2. The molecule has 0 aliphatic carbocycles. The average molecular weight is 839 g/mol. The van der Waals surface area contributed by atoms with Crippen LogP contribution in [0.1, 0.15) is 101 Å². The number of cyclic esters (lactones) is 1. The first kappa shape index (κ1) is 49.5. The van der Waals surface area contributed by atoms with E-state index in [0.29, 0.717) is 30.7 Å². The lowest BCUT2D eigenvalue weighted by molar-refractivity contribution is -0.320. The third kappa shape index (κ3) is 10.9. The number of fused-ring (bicyclic) bond motifs is 5. The van der Waals surface area contributed by atoms with Crippen molar-refractivity contribution in [2.75, 3.05) is 33.9 Å². The molecule has 15 nitrogen and oxygen atoms in total. The van der Waals surface area contributed by atoms with Crippen LogP contribution < -0.4 is 0 Å². The molecule has 0 amide bonds. The average Bonchev–Trinajstić information content (AvgIpc) is 3.19. The van der Waals surface area contributed by atoms with E-state index in [1.54, 1.807) is 34.6 Å². The molecular weight excluding hydrogens is 764 g/mol. The van der Waals surface area contributed by atoms with Gasteiger partial charge in [-0.1, -0.05) is 39.4 Å². The predicted octanol–water partition coefficient (Wildman–Crippen LogP) is 4.06. The Morgan fingerprint density at radius 2 is 1.71 bits per heavy atom. The molecule has 4 saturated heterocycles. The van der Waals surface area contributed by atoms with Gasteiger partial charge in [0.1, 0.15) is 23.9 Å². The topological polar surface area (TPSA) is 187 Å². The summed E-state index contributed by atoms with van der Waals surface area (Å²) in [6, 6.07) is -0.357. The van der Waals surface area contributed by atoms with Gasteiger partial charge in [-0.2, -0.15) is 0 Å². The quantitative estimate of drug-likeness (QED) is 0.0857. The Morgan fingerprint density at radius 1 is 1.03 bits per heavy atom. The van der Waals surface area contributed by atoms with Crippen molar-refractivity contribution in [1.82, 2.24) is 4.90 Å². The highest BCUT2D eigenvalue weighted by atomic mass is 16.7. The van der Waals surface area contributed by atoms with E-state index < -0.39 is 102 Å². The monoisotopic (exact) mass is 839 g/mol. The molecule has 4 N–H and O–H groups in total. The first-order valence-electron chi connectivity index (χ1n) is 21.3. The molecule has 0 aromatic carbocycles. The lowest BCUT2D eigenvalue weighted by atomic mass is 9.73. The SMILES string of the molecule is C#CCCN(C)[C@H]1C[C@@H](C)O[C@@H](O[C@@H]2[C@@H](C)C(O[C@H]3C[C@@](C)(OC)[C@@H](O)[C@H](C)O3)[C@@H](C)C(=O)O[C@H](CC)[C@@](C)(O)C3OCC(=C)CO[C@]2(C)C[C@@H](C)/C(=N\O)[C@@H]3C)[C@@H]1O. The molecule has 59 heavy (non-hydrogen) atoms. The van der Waals surface area contributed by atoms with E-state index in [1.165, 1.54) is 7.11 Å². The second-order valence-corrected chi connectivity index (χ2v) is 18.3. The Morgan fingerprint density at radius 3 is 2.32 bits per heavy atom. The number of rotatable bonds is 9. The zero-order chi connectivity index (χ0) is 44.2. The molecule has 18 atom stereocenters. The van der Waals surface area contributed by atoms with Gasteiger partial charge in [-0.25, -0.2) is 0 Å². The smallest absolute Gasteiger partial charge is 0.311 e. The van der Waals surface area contributed by atoms with Crippen molar-refractivity contribution in [1.29, 1.82) is 0 Å². The van der Waals surface area contributed by atoms with Gasteiger partial charge in [-0.05, 0) is 73.4 Å². The Bertz CT molecular complexity index is 1490. The van der Waals surface area contributed by atoms with Crippen molar-refractivity contribution in [3.8, 4) is 12.3 Å². The summed E-state index contributed by atoms with van der Waals surface area (Å²) in [4.78, 5) is 16.6. The van der Waals surface area contributed by atoms with Crippen LogP contribution in [0.5, 0.6) is 0 Å². The van der Waals surface area contributed by atoms with Crippen molar-refractivity contribution >= 4 is 11.7 Å². The maximum atomic E-state index is 14.6. The highest BCUT2D eigenvalue weighted by molar-refractivity contribution is 5.88. The third-order valence-corrected chi connectivity index (χ3v) is 13.5. The van der Waals surface area contributed by atoms with Crippen LogP contribution in [0.2, 0.25) is 0 Å². The van der Waals surface area contributed by atoms with Crippen LogP contribution in [-0.4, -0.2) is 155 Å². The fraction of sp³-hybridized carbons (Fsp3) is 0.864. The summed E-state index contributed by atoms with van der Waals surface area (Å²) in [5.74, 6) is -0.863. The van der Waals surface area contributed by atoms with Gasteiger partial charge >= 0.3 is 5.97 Å². The number of terminal acetylenes is 1. The summed E-state index contributed by atoms with van der Waals surface area (Å²) in [6.07, 6.45) is -2.04. The van der Waals surface area contributed by atoms with E-state index in [9.17, 15) is 25.3 Å². The molecule has 15 heteroatoms. The fourth-order valence-electron chi connectivity index (χ4n) is 9.87. The molecule has 0 aromatic rings. The van der Waals surface area contributed by atoms with Gasteiger partial charge in [-0.3, -0.25) is 9.69 Å². The summed E-state index contributed by atoms with van der Waals surface area (Å²) >= 11 is 0. The molecule has 4 aliphatic heterocycles. The number of hydrogen-bond donors (Lipinski definition) is 4. The van der Waals surface area contributed by atoms with Gasteiger partial charge < -0.3 is 58.4 Å². The highest BCUT2D eigenvalue weighted by Gasteiger charge is 2.55. The van der Waals surface area contributed by atoms with Crippen LogP contribution in [0, 0.1) is 36.0 Å². The first-order chi connectivity index (χ1) is 27.6. The van der Waals surface area contributed by atoms with Crippen molar-refractivity contribution in [3.63, 3.8) is 0 Å². The summed E-state index contributed by atoms with van der Waals surface area (Å²) in [7, 11) is 3.43. The lowest BCUT2D eigenvalue weighted by Gasteiger charge is -2.50. The Labute approximate surface area is 352 Å². The summed E-state index contributed by atoms with van der Waals surface area (Å²) in [5.41, 5.74) is -3.17. The number of methoxy groups -OCH3 is 1. The minimum absolute atomic E-state index is 0.0170. The third-order valence-electron chi connectivity index (χ3n) is 13.5. The van der Waals surface area contributed by atoms with Crippen molar-refractivity contribution in [2.24, 2.45) is 28.8 Å². The van der Waals surface area contributed by atoms with Crippen molar-refractivity contribution in [3.05, 3.63) is 12.2 Å². The van der Waals surface area contributed by atoms with Crippen molar-refractivity contribution < 1.29 is 63.2 Å². The zero-order valence-electron chi connectivity index (χ0n) is 37.5. The van der Waals surface area contributed by atoms with Crippen LogP contribution in [0.25, 0.3) is 0 Å². The molecule has 4 rings (SSSR count).